The molecule has 1 heteroatoms. The van der Waals surface area contributed by atoms with Crippen molar-refractivity contribution in [2.75, 3.05) is 4.90 Å². The minimum Gasteiger partial charge on any atom is -0.310 e. The molecule has 1 spiro atoms. The second-order valence-corrected chi connectivity index (χ2v) is 15.3. The van der Waals surface area contributed by atoms with Crippen molar-refractivity contribution >= 4 is 17.1 Å². The van der Waals surface area contributed by atoms with Crippen LogP contribution < -0.4 is 4.90 Å². The Kier molecular flexibility index (Phi) is 7.30. The molecule has 6 aromatic carbocycles. The van der Waals surface area contributed by atoms with Crippen molar-refractivity contribution in [3.63, 3.8) is 0 Å². The van der Waals surface area contributed by atoms with E-state index in [1.807, 2.05) is 0 Å². The number of benzene rings is 6. The smallest absolute Gasteiger partial charge is 0.0726 e. The fraction of sp³-hybridized carbons (Fsp3) is 0.265. The van der Waals surface area contributed by atoms with Gasteiger partial charge in [-0.25, -0.2) is 0 Å². The first-order valence-corrected chi connectivity index (χ1v) is 19.2. The number of rotatable bonds is 5. The lowest BCUT2D eigenvalue weighted by Crippen LogP contribution is -2.26. The van der Waals surface area contributed by atoms with Gasteiger partial charge in [-0.1, -0.05) is 148 Å². The molecule has 50 heavy (non-hydrogen) atoms. The number of anilines is 3. The Hall–Kier alpha value is -4.88. The van der Waals surface area contributed by atoms with E-state index >= 15 is 0 Å². The molecule has 10 rings (SSSR count). The molecule has 246 valence electrons. The van der Waals surface area contributed by atoms with Crippen molar-refractivity contribution in [2.45, 2.75) is 81.5 Å². The highest BCUT2D eigenvalue weighted by Crippen LogP contribution is 2.64. The Morgan fingerprint density at radius 2 is 0.800 bits per heavy atom. The molecular weight excluding hydrogens is 603 g/mol. The Morgan fingerprint density at radius 3 is 1.30 bits per heavy atom. The Bertz CT molecular complexity index is 2070. The second-order valence-electron chi connectivity index (χ2n) is 15.3. The van der Waals surface area contributed by atoms with Crippen molar-refractivity contribution in [3.05, 3.63) is 173 Å². The lowest BCUT2D eigenvalue weighted by molar-refractivity contribution is 0.443. The molecule has 0 amide bonds. The summed E-state index contributed by atoms with van der Waals surface area (Å²) < 4.78 is 0. The van der Waals surface area contributed by atoms with Crippen LogP contribution in [0.1, 0.15) is 109 Å². The molecule has 0 aromatic heterocycles. The summed E-state index contributed by atoms with van der Waals surface area (Å²) in [6.45, 7) is 0. The highest BCUT2D eigenvalue weighted by atomic mass is 15.1. The Morgan fingerprint density at radius 1 is 0.380 bits per heavy atom. The third-order valence-corrected chi connectivity index (χ3v) is 12.7. The van der Waals surface area contributed by atoms with E-state index in [0.717, 1.165) is 0 Å². The van der Waals surface area contributed by atoms with Gasteiger partial charge in [0, 0.05) is 16.9 Å². The van der Waals surface area contributed by atoms with Gasteiger partial charge in [0.1, 0.15) is 0 Å². The molecule has 0 unspecified atom stereocenters. The van der Waals surface area contributed by atoms with Gasteiger partial charge in [0.25, 0.3) is 0 Å². The van der Waals surface area contributed by atoms with Crippen LogP contribution in [0.2, 0.25) is 0 Å². The van der Waals surface area contributed by atoms with Crippen LogP contribution in [0.5, 0.6) is 0 Å². The van der Waals surface area contributed by atoms with E-state index in [9.17, 15) is 0 Å². The summed E-state index contributed by atoms with van der Waals surface area (Å²) >= 11 is 0. The van der Waals surface area contributed by atoms with Gasteiger partial charge in [0.05, 0.1) is 11.1 Å². The van der Waals surface area contributed by atoms with E-state index in [-0.39, 0.29) is 5.41 Å². The van der Waals surface area contributed by atoms with Gasteiger partial charge in [-0.05, 0) is 118 Å². The van der Waals surface area contributed by atoms with Gasteiger partial charge in [-0.2, -0.15) is 0 Å². The lowest BCUT2D eigenvalue weighted by Gasteiger charge is -2.32. The van der Waals surface area contributed by atoms with Crippen LogP contribution in [0.25, 0.3) is 22.3 Å². The van der Waals surface area contributed by atoms with Crippen molar-refractivity contribution in [1.29, 1.82) is 0 Å². The number of nitrogens with zero attached hydrogens (tertiary/aromatic N) is 1. The monoisotopic (exact) mass is 647 g/mol. The average molecular weight is 648 g/mol. The van der Waals surface area contributed by atoms with Crippen LogP contribution in [-0.4, -0.2) is 0 Å². The quantitative estimate of drug-likeness (QED) is 0.180. The van der Waals surface area contributed by atoms with E-state index in [2.05, 4.69) is 144 Å². The SMILES string of the molecule is c1ccc2c(c1)-c1ccccc1C21c2ccccc2-c2c(N(c3ccc(C4CCCCC4)cc3)c3ccc(C4CCCCC4)cc3)cccc21. The summed E-state index contributed by atoms with van der Waals surface area (Å²) in [5.74, 6) is 1.38. The molecule has 0 atom stereocenters. The highest BCUT2D eigenvalue weighted by Gasteiger charge is 2.52. The van der Waals surface area contributed by atoms with E-state index < -0.39 is 0 Å². The molecular formula is C49H45N. The van der Waals surface area contributed by atoms with Crippen LogP contribution in [-0.2, 0) is 5.41 Å². The lowest BCUT2D eigenvalue weighted by atomic mass is 9.70. The maximum Gasteiger partial charge on any atom is 0.0726 e. The van der Waals surface area contributed by atoms with Gasteiger partial charge >= 0.3 is 0 Å². The molecule has 1 nitrogen and oxygen atoms in total. The fourth-order valence-electron chi connectivity index (χ4n) is 10.4. The van der Waals surface area contributed by atoms with E-state index in [1.54, 1.807) is 0 Å². The highest BCUT2D eigenvalue weighted by molar-refractivity contribution is 6.01. The third-order valence-electron chi connectivity index (χ3n) is 12.7. The molecule has 0 heterocycles. The zero-order valence-corrected chi connectivity index (χ0v) is 29.0. The Labute approximate surface area is 297 Å². The van der Waals surface area contributed by atoms with E-state index in [1.165, 1.54) is 137 Å². The number of fused-ring (bicyclic) bond motifs is 10. The minimum absolute atomic E-state index is 0.351. The molecule has 0 saturated heterocycles. The number of hydrogen-bond acceptors (Lipinski definition) is 1. The summed E-state index contributed by atoms with van der Waals surface area (Å²) in [6.07, 6.45) is 13.5. The molecule has 0 bridgehead atoms. The van der Waals surface area contributed by atoms with Gasteiger partial charge in [0.2, 0.25) is 0 Å². The molecule has 2 saturated carbocycles. The molecule has 0 aliphatic heterocycles. The van der Waals surface area contributed by atoms with E-state index in [4.69, 9.17) is 0 Å². The van der Waals surface area contributed by atoms with Gasteiger partial charge in [-0.15, -0.1) is 0 Å². The molecule has 4 aliphatic rings. The van der Waals surface area contributed by atoms with Crippen LogP contribution in [0, 0.1) is 0 Å². The summed E-state index contributed by atoms with van der Waals surface area (Å²) in [6, 6.07) is 53.9. The predicted octanol–water partition coefficient (Wildman–Crippen LogP) is 13.6. The van der Waals surface area contributed by atoms with Crippen LogP contribution in [0.15, 0.2) is 140 Å². The standard InChI is InChI=1S/C49H45N/c1-3-14-34(15-4-1)36-26-30-38(31-27-36)50(39-32-28-37(29-33-39)35-16-5-2-6-17-35)47-25-13-24-46-48(47)42-20-9-12-23-45(42)49(46)43-21-10-7-18-40(43)41-19-8-11-22-44(41)49/h7-13,18-35H,1-6,14-17H2. The second kappa shape index (κ2) is 12.2. The summed E-state index contributed by atoms with van der Waals surface area (Å²) in [7, 11) is 0. The van der Waals surface area contributed by atoms with Crippen LogP contribution >= 0.6 is 0 Å². The maximum atomic E-state index is 2.55. The van der Waals surface area contributed by atoms with E-state index in [0.29, 0.717) is 11.8 Å². The molecule has 2 fully saturated rings. The first-order chi connectivity index (χ1) is 24.8. The van der Waals surface area contributed by atoms with Crippen molar-refractivity contribution in [3.8, 4) is 22.3 Å². The zero-order chi connectivity index (χ0) is 33.1. The topological polar surface area (TPSA) is 3.24 Å². The number of hydrogen-bond donors (Lipinski definition) is 0. The summed E-state index contributed by atoms with van der Waals surface area (Å²) in [5, 5.41) is 0. The van der Waals surface area contributed by atoms with Gasteiger partial charge in [0.15, 0.2) is 0 Å². The first kappa shape index (κ1) is 30.0. The van der Waals surface area contributed by atoms with Gasteiger partial charge in [-0.3, -0.25) is 0 Å². The summed E-state index contributed by atoms with van der Waals surface area (Å²) in [5.41, 5.74) is 17.3. The molecule has 4 aliphatic carbocycles. The van der Waals surface area contributed by atoms with Crippen molar-refractivity contribution in [1.82, 2.24) is 0 Å². The third kappa shape index (κ3) is 4.52. The fourth-order valence-corrected chi connectivity index (χ4v) is 10.4. The zero-order valence-electron chi connectivity index (χ0n) is 29.0. The maximum absolute atomic E-state index is 2.55. The summed E-state index contributed by atoms with van der Waals surface area (Å²) in [4.78, 5) is 2.55. The van der Waals surface area contributed by atoms with Gasteiger partial charge < -0.3 is 4.90 Å². The molecule has 0 radical (unpaired) electrons. The van der Waals surface area contributed by atoms with Crippen molar-refractivity contribution < 1.29 is 0 Å². The average Bonchev–Trinajstić information content (AvgIpc) is 3.67. The molecule has 6 aromatic rings. The normalized spacial score (nSPS) is 17.6. The minimum atomic E-state index is -0.351. The largest absolute Gasteiger partial charge is 0.310 e. The molecule has 0 N–H and O–H groups in total. The predicted molar refractivity (Wildman–Crippen MR) is 209 cm³/mol. The van der Waals surface area contributed by atoms with Crippen LogP contribution in [0.4, 0.5) is 17.1 Å². The first-order valence-electron chi connectivity index (χ1n) is 19.2. The van der Waals surface area contributed by atoms with Crippen molar-refractivity contribution in [2.24, 2.45) is 0 Å². The van der Waals surface area contributed by atoms with Crippen LogP contribution in [0.3, 0.4) is 0 Å². The Balaban J connectivity index is 1.18.